The summed E-state index contributed by atoms with van der Waals surface area (Å²) < 4.78 is 56.2. The zero-order valence-electron chi connectivity index (χ0n) is 7.86. The smallest absolute Gasteiger partial charge is 0.233 e. The molecule has 1 aliphatic rings. The Kier molecular flexibility index (Phi) is 2.51. The van der Waals surface area contributed by atoms with Crippen molar-refractivity contribution in [3.05, 3.63) is 29.3 Å². The van der Waals surface area contributed by atoms with E-state index in [0.29, 0.717) is 0 Å². The molecule has 0 spiro atoms. The number of hydrogen-bond donors (Lipinski definition) is 2. The van der Waals surface area contributed by atoms with E-state index in [1.54, 1.807) is 0 Å². The maximum Gasteiger partial charge on any atom is 0.233 e. The molecule has 0 saturated carbocycles. The van der Waals surface area contributed by atoms with Crippen LogP contribution < -0.4 is 10.1 Å². The number of β-amino-alcohol motifs (C(OH)–C–C–N with tert-alkyl or cyclic N) is 1. The van der Waals surface area contributed by atoms with Gasteiger partial charge >= 0.3 is 0 Å². The van der Waals surface area contributed by atoms with Crippen molar-refractivity contribution in [1.82, 2.24) is 5.32 Å². The normalized spacial score (nSPS) is 18.1. The standard InChI is InChI=1S/C9H7F4NO2/c10-4-1-5(11)7(13)8(6(4)12)16-9(15)2-14-3-9/h1,14-15H,2-3H2. The summed E-state index contributed by atoms with van der Waals surface area (Å²) in [6.45, 7) is -0.159. The van der Waals surface area contributed by atoms with Crippen LogP contribution in [0.25, 0.3) is 0 Å². The van der Waals surface area contributed by atoms with Gasteiger partial charge in [0.05, 0.1) is 13.1 Å². The second-order valence-electron chi connectivity index (χ2n) is 3.45. The fourth-order valence-corrected chi connectivity index (χ4v) is 1.24. The molecule has 1 aliphatic heterocycles. The van der Waals surface area contributed by atoms with Crippen LogP contribution in [0.15, 0.2) is 6.07 Å². The van der Waals surface area contributed by atoms with E-state index in [-0.39, 0.29) is 19.2 Å². The minimum Gasteiger partial charge on any atom is -0.453 e. The molecule has 88 valence electrons. The molecule has 1 fully saturated rings. The molecular formula is C9H7F4NO2. The van der Waals surface area contributed by atoms with Crippen LogP contribution in [0.2, 0.25) is 0 Å². The number of rotatable bonds is 2. The maximum absolute atomic E-state index is 13.1. The molecule has 2 N–H and O–H groups in total. The molecular weight excluding hydrogens is 230 g/mol. The monoisotopic (exact) mass is 237 g/mol. The summed E-state index contributed by atoms with van der Waals surface area (Å²) in [5.74, 6) is -9.57. The van der Waals surface area contributed by atoms with Crippen molar-refractivity contribution >= 4 is 0 Å². The van der Waals surface area contributed by atoms with Crippen molar-refractivity contribution in [3.63, 3.8) is 0 Å². The molecule has 7 heteroatoms. The van der Waals surface area contributed by atoms with Crippen molar-refractivity contribution in [1.29, 1.82) is 0 Å². The van der Waals surface area contributed by atoms with Gasteiger partial charge in [-0.25, -0.2) is 8.78 Å². The van der Waals surface area contributed by atoms with Crippen LogP contribution in [0.3, 0.4) is 0 Å². The average Bonchev–Trinajstić information content (AvgIpc) is 2.19. The molecule has 0 atom stereocenters. The van der Waals surface area contributed by atoms with Gasteiger partial charge in [-0.1, -0.05) is 0 Å². The van der Waals surface area contributed by atoms with Crippen LogP contribution in [-0.4, -0.2) is 24.0 Å². The van der Waals surface area contributed by atoms with Crippen LogP contribution in [0, 0.1) is 23.3 Å². The summed E-state index contributed by atoms with van der Waals surface area (Å²) in [4.78, 5) is 0. The van der Waals surface area contributed by atoms with Crippen molar-refractivity contribution in [3.8, 4) is 5.75 Å². The lowest BCUT2D eigenvalue weighted by Crippen LogP contribution is -2.63. The fraction of sp³-hybridized carbons (Fsp3) is 0.333. The highest BCUT2D eigenvalue weighted by Crippen LogP contribution is 2.29. The summed E-state index contributed by atoms with van der Waals surface area (Å²) in [5.41, 5.74) is 0. The quantitative estimate of drug-likeness (QED) is 0.456. The molecule has 1 aromatic carbocycles. The summed E-state index contributed by atoms with van der Waals surface area (Å²) in [5, 5.41) is 12.0. The van der Waals surface area contributed by atoms with E-state index in [4.69, 9.17) is 0 Å². The molecule has 2 rings (SSSR count). The van der Waals surface area contributed by atoms with Crippen LogP contribution in [0.4, 0.5) is 17.6 Å². The van der Waals surface area contributed by atoms with Crippen LogP contribution >= 0.6 is 0 Å². The largest absolute Gasteiger partial charge is 0.453 e. The van der Waals surface area contributed by atoms with Gasteiger partial charge < -0.3 is 15.2 Å². The van der Waals surface area contributed by atoms with Gasteiger partial charge in [0, 0.05) is 6.07 Å². The molecule has 0 radical (unpaired) electrons. The van der Waals surface area contributed by atoms with E-state index in [9.17, 15) is 22.7 Å². The Bertz CT molecular complexity index is 408. The number of aliphatic hydroxyl groups is 1. The van der Waals surface area contributed by atoms with E-state index in [2.05, 4.69) is 10.1 Å². The van der Waals surface area contributed by atoms with Crippen LogP contribution in [0.1, 0.15) is 0 Å². The van der Waals surface area contributed by atoms with E-state index >= 15 is 0 Å². The first-order valence-electron chi connectivity index (χ1n) is 4.38. The maximum atomic E-state index is 13.1. The molecule has 1 saturated heterocycles. The van der Waals surface area contributed by atoms with E-state index in [1.807, 2.05) is 0 Å². The van der Waals surface area contributed by atoms with Gasteiger partial charge in [-0.15, -0.1) is 0 Å². The zero-order valence-corrected chi connectivity index (χ0v) is 7.86. The van der Waals surface area contributed by atoms with E-state index < -0.39 is 34.8 Å². The highest BCUT2D eigenvalue weighted by molar-refractivity contribution is 5.29. The molecule has 0 unspecified atom stereocenters. The summed E-state index contributed by atoms with van der Waals surface area (Å²) in [6, 6.07) is 0.0700. The number of halogens is 4. The van der Waals surface area contributed by atoms with Crippen LogP contribution in [0.5, 0.6) is 5.75 Å². The Morgan fingerprint density at radius 3 is 2.00 bits per heavy atom. The van der Waals surface area contributed by atoms with Gasteiger partial charge in [-0.2, -0.15) is 8.78 Å². The van der Waals surface area contributed by atoms with Gasteiger partial charge in [0.1, 0.15) is 0 Å². The van der Waals surface area contributed by atoms with E-state index in [0.717, 1.165) is 0 Å². The molecule has 16 heavy (non-hydrogen) atoms. The minimum atomic E-state index is -1.83. The highest BCUT2D eigenvalue weighted by atomic mass is 19.2. The predicted octanol–water partition coefficient (Wildman–Crippen LogP) is 0.914. The molecule has 1 aromatic rings. The zero-order chi connectivity index (χ0) is 11.9. The van der Waals surface area contributed by atoms with Gasteiger partial charge in [0.2, 0.25) is 23.2 Å². The molecule has 0 amide bonds. The summed E-state index contributed by atoms with van der Waals surface area (Å²) >= 11 is 0. The Morgan fingerprint density at radius 1 is 1.12 bits per heavy atom. The fourth-order valence-electron chi connectivity index (χ4n) is 1.24. The SMILES string of the molecule is OC1(Oc2c(F)c(F)cc(F)c2F)CNC1. The third-order valence-electron chi connectivity index (χ3n) is 2.17. The number of hydrogen-bond acceptors (Lipinski definition) is 3. The molecule has 3 nitrogen and oxygen atoms in total. The Morgan fingerprint density at radius 2 is 1.62 bits per heavy atom. The minimum absolute atomic E-state index is 0.0700. The average molecular weight is 237 g/mol. The third-order valence-corrected chi connectivity index (χ3v) is 2.17. The topological polar surface area (TPSA) is 41.5 Å². The highest BCUT2D eigenvalue weighted by Gasteiger charge is 2.39. The van der Waals surface area contributed by atoms with Crippen molar-refractivity contribution in [2.24, 2.45) is 0 Å². The lowest BCUT2D eigenvalue weighted by Gasteiger charge is -2.37. The number of benzene rings is 1. The first-order valence-corrected chi connectivity index (χ1v) is 4.38. The van der Waals surface area contributed by atoms with E-state index in [1.165, 1.54) is 0 Å². The molecule has 0 aliphatic carbocycles. The molecule has 0 aromatic heterocycles. The van der Waals surface area contributed by atoms with Gasteiger partial charge in [-0.05, 0) is 0 Å². The Labute approximate surface area is 87.6 Å². The lowest BCUT2D eigenvalue weighted by atomic mass is 10.1. The predicted molar refractivity (Wildman–Crippen MR) is 44.7 cm³/mol. The number of ether oxygens (including phenoxy) is 1. The lowest BCUT2D eigenvalue weighted by molar-refractivity contribution is -0.172. The summed E-state index contributed by atoms with van der Waals surface area (Å²) in [6.07, 6.45) is 0. The first-order chi connectivity index (χ1) is 7.43. The van der Waals surface area contributed by atoms with Gasteiger partial charge in [0.25, 0.3) is 0 Å². The van der Waals surface area contributed by atoms with Crippen molar-refractivity contribution in [2.45, 2.75) is 5.79 Å². The van der Waals surface area contributed by atoms with Crippen molar-refractivity contribution in [2.75, 3.05) is 13.1 Å². The second kappa shape index (κ2) is 3.60. The second-order valence-corrected chi connectivity index (χ2v) is 3.45. The third kappa shape index (κ3) is 1.72. The summed E-state index contributed by atoms with van der Waals surface area (Å²) in [7, 11) is 0. The van der Waals surface area contributed by atoms with Gasteiger partial charge in [-0.3, -0.25) is 0 Å². The Balaban J connectivity index is 2.39. The van der Waals surface area contributed by atoms with Crippen LogP contribution in [-0.2, 0) is 0 Å². The number of nitrogens with one attached hydrogen (secondary N) is 1. The Hall–Kier alpha value is -1.34. The molecule has 1 heterocycles. The van der Waals surface area contributed by atoms with Crippen molar-refractivity contribution < 1.29 is 27.4 Å². The molecule has 0 bridgehead atoms. The first kappa shape index (κ1) is 11.2. The van der Waals surface area contributed by atoms with Gasteiger partial charge in [0.15, 0.2) is 11.6 Å².